The number of nitrogens with one attached hydrogen (secondary N) is 2. The lowest BCUT2D eigenvalue weighted by Gasteiger charge is -2.33. The summed E-state index contributed by atoms with van der Waals surface area (Å²) in [6.45, 7) is 20.1. The Morgan fingerprint density at radius 3 is 2.16 bits per heavy atom. The molecule has 1 amide bonds. The van der Waals surface area contributed by atoms with Gasteiger partial charge in [0.15, 0.2) is 0 Å². The molecule has 0 radical (unpaired) electrons. The highest BCUT2D eigenvalue weighted by Gasteiger charge is 2.30. The first-order valence-electron chi connectivity index (χ1n) is 9.07. The summed E-state index contributed by atoms with van der Waals surface area (Å²) in [4.78, 5) is 12.1. The van der Waals surface area contributed by atoms with Crippen molar-refractivity contribution in [3.8, 4) is 0 Å². The average Bonchev–Trinajstić information content (AvgIpc) is 2.43. The molecule has 0 aromatic rings. The highest BCUT2D eigenvalue weighted by atomic mass is 16.6. The minimum atomic E-state index is -0.524. The van der Waals surface area contributed by atoms with Gasteiger partial charge in [-0.2, -0.15) is 0 Å². The van der Waals surface area contributed by atoms with E-state index >= 15 is 0 Å². The van der Waals surface area contributed by atoms with Crippen molar-refractivity contribution < 1.29 is 9.53 Å². The Hall–Kier alpha value is -1.71. The van der Waals surface area contributed by atoms with Crippen molar-refractivity contribution in [2.75, 3.05) is 0 Å². The smallest absolute Gasteiger partial charge is 0.408 e. The third kappa shape index (κ3) is 11.5. The zero-order chi connectivity index (χ0) is 19.7. The Kier molecular flexibility index (Phi) is 9.61. The zero-order valence-corrected chi connectivity index (χ0v) is 17.4. The highest BCUT2D eigenvalue weighted by molar-refractivity contribution is 5.68. The number of rotatable bonds is 8. The van der Waals surface area contributed by atoms with E-state index in [1.165, 1.54) is 0 Å². The van der Waals surface area contributed by atoms with E-state index in [4.69, 9.17) is 4.74 Å². The van der Waals surface area contributed by atoms with Gasteiger partial charge in [-0.1, -0.05) is 52.5 Å². The van der Waals surface area contributed by atoms with Crippen LogP contribution in [0.25, 0.3) is 0 Å². The van der Waals surface area contributed by atoms with Crippen LogP contribution < -0.4 is 10.6 Å². The summed E-state index contributed by atoms with van der Waals surface area (Å²) >= 11 is 0. The minimum absolute atomic E-state index is 0.186. The summed E-state index contributed by atoms with van der Waals surface area (Å²) in [5, 5.41) is 6.13. The topological polar surface area (TPSA) is 50.4 Å². The van der Waals surface area contributed by atoms with Crippen molar-refractivity contribution in [2.24, 2.45) is 11.3 Å². The van der Waals surface area contributed by atoms with Crippen molar-refractivity contribution in [1.29, 1.82) is 0 Å². The summed E-state index contributed by atoms with van der Waals surface area (Å²) in [6.07, 6.45) is 9.91. The van der Waals surface area contributed by atoms with Crippen LogP contribution in [-0.4, -0.2) is 17.7 Å². The Bertz CT molecular complexity index is 479. The second-order valence-corrected chi connectivity index (χ2v) is 8.66. The molecule has 2 N–H and O–H groups in total. The monoisotopic (exact) mass is 350 g/mol. The third-order valence-corrected chi connectivity index (χ3v) is 3.57. The van der Waals surface area contributed by atoms with Gasteiger partial charge in [0.25, 0.3) is 0 Å². The second-order valence-electron chi connectivity index (χ2n) is 8.66. The molecule has 0 aliphatic heterocycles. The van der Waals surface area contributed by atoms with Crippen molar-refractivity contribution in [3.63, 3.8) is 0 Å². The fraction of sp³-hybridized carbons (Fsp3) is 0.667. The van der Waals surface area contributed by atoms with Gasteiger partial charge in [-0.15, -0.1) is 0 Å². The van der Waals surface area contributed by atoms with Crippen molar-refractivity contribution in [3.05, 3.63) is 36.7 Å². The van der Waals surface area contributed by atoms with Crippen LogP contribution in [0, 0.1) is 11.3 Å². The lowest BCUT2D eigenvalue weighted by Crippen LogP contribution is -2.48. The number of allylic oxidation sites excluding steroid dienone is 3. The van der Waals surface area contributed by atoms with Crippen LogP contribution in [0.2, 0.25) is 0 Å². The summed E-state index contributed by atoms with van der Waals surface area (Å²) in [6, 6.07) is -0.243. The van der Waals surface area contributed by atoms with E-state index < -0.39 is 11.7 Å². The first-order chi connectivity index (χ1) is 11.4. The molecule has 25 heavy (non-hydrogen) atoms. The molecule has 0 aliphatic rings. The summed E-state index contributed by atoms with van der Waals surface area (Å²) < 4.78 is 5.36. The number of amides is 1. The van der Waals surface area contributed by atoms with Crippen LogP contribution in [0.5, 0.6) is 0 Å². The molecule has 0 saturated heterocycles. The average molecular weight is 351 g/mol. The molecule has 4 nitrogen and oxygen atoms in total. The maximum atomic E-state index is 12.1. The van der Waals surface area contributed by atoms with Crippen LogP contribution in [0.4, 0.5) is 4.79 Å². The van der Waals surface area contributed by atoms with Gasteiger partial charge >= 0.3 is 6.09 Å². The van der Waals surface area contributed by atoms with Crippen molar-refractivity contribution >= 4 is 6.09 Å². The number of hydrogen-bond acceptors (Lipinski definition) is 3. The predicted molar refractivity (Wildman–Crippen MR) is 107 cm³/mol. The molecular weight excluding hydrogens is 312 g/mol. The van der Waals surface area contributed by atoms with E-state index in [-0.39, 0.29) is 11.5 Å². The largest absolute Gasteiger partial charge is 0.444 e. The predicted octanol–water partition coefficient (Wildman–Crippen LogP) is 5.54. The van der Waals surface area contributed by atoms with Crippen LogP contribution >= 0.6 is 0 Å². The number of carbonyl (C=O) groups is 1. The SMILES string of the molecule is C=C(N/C=C\C[C@@H](C)C/C=C\C)[C@@H](NC(=O)OC(C)(C)C)C(C)(C)C. The summed E-state index contributed by atoms with van der Waals surface area (Å²) in [5.74, 6) is 0.598. The number of ether oxygens (including phenoxy) is 1. The van der Waals surface area contributed by atoms with Crippen LogP contribution in [0.3, 0.4) is 0 Å². The Morgan fingerprint density at radius 1 is 1.12 bits per heavy atom. The van der Waals surface area contributed by atoms with E-state index in [9.17, 15) is 4.79 Å². The Balaban J connectivity index is 4.68. The van der Waals surface area contributed by atoms with Gasteiger partial charge in [0.2, 0.25) is 0 Å². The lowest BCUT2D eigenvalue weighted by atomic mass is 9.85. The first-order valence-corrected chi connectivity index (χ1v) is 9.07. The summed E-state index contributed by atoms with van der Waals surface area (Å²) in [7, 11) is 0. The van der Waals surface area contributed by atoms with Gasteiger partial charge in [0.1, 0.15) is 5.60 Å². The summed E-state index contributed by atoms with van der Waals surface area (Å²) in [5.41, 5.74) is 0.0360. The van der Waals surface area contributed by atoms with Gasteiger partial charge in [0, 0.05) is 5.70 Å². The van der Waals surface area contributed by atoms with E-state index in [0.29, 0.717) is 5.92 Å². The first kappa shape index (κ1) is 23.3. The van der Waals surface area contributed by atoms with Crippen molar-refractivity contribution in [2.45, 2.75) is 79.9 Å². The molecule has 0 spiro atoms. The van der Waals surface area contributed by atoms with Gasteiger partial charge < -0.3 is 15.4 Å². The van der Waals surface area contributed by atoms with E-state index in [2.05, 4.69) is 63.1 Å². The Morgan fingerprint density at radius 2 is 1.68 bits per heavy atom. The molecular formula is C21H38N2O2. The molecule has 0 fully saturated rings. The zero-order valence-electron chi connectivity index (χ0n) is 17.4. The van der Waals surface area contributed by atoms with Gasteiger partial charge in [-0.05, 0) is 58.1 Å². The normalized spacial score (nSPS) is 15.2. The molecule has 0 saturated carbocycles. The molecule has 0 rings (SSSR count). The molecule has 0 heterocycles. The standard InChI is InChI=1S/C21H38N2O2/c1-10-11-13-16(2)14-12-15-22-17(3)18(20(4,5)6)23-19(24)25-21(7,8)9/h10-12,15-16,18,22H,3,13-14H2,1-2,4-9H3,(H,23,24)/b11-10-,15-12-/t16-,18+/m0/s1. The van der Waals surface area contributed by atoms with Crippen LogP contribution in [0.1, 0.15) is 68.2 Å². The quantitative estimate of drug-likeness (QED) is 0.565. The molecule has 2 atom stereocenters. The highest BCUT2D eigenvalue weighted by Crippen LogP contribution is 2.24. The lowest BCUT2D eigenvalue weighted by molar-refractivity contribution is 0.0478. The molecule has 0 aromatic heterocycles. The van der Waals surface area contributed by atoms with Crippen molar-refractivity contribution in [1.82, 2.24) is 10.6 Å². The number of alkyl carbamates (subject to hydrolysis) is 1. The van der Waals surface area contributed by atoms with Gasteiger partial charge in [-0.25, -0.2) is 4.79 Å². The fourth-order valence-electron chi connectivity index (χ4n) is 2.27. The second kappa shape index (κ2) is 10.3. The van der Waals surface area contributed by atoms with E-state index in [1.807, 2.05) is 33.9 Å². The van der Waals surface area contributed by atoms with E-state index in [0.717, 1.165) is 18.5 Å². The molecule has 0 aromatic carbocycles. The van der Waals surface area contributed by atoms with Crippen LogP contribution in [-0.2, 0) is 4.74 Å². The third-order valence-electron chi connectivity index (χ3n) is 3.57. The minimum Gasteiger partial charge on any atom is -0.444 e. The van der Waals surface area contributed by atoms with Gasteiger partial charge in [-0.3, -0.25) is 0 Å². The van der Waals surface area contributed by atoms with E-state index in [1.54, 1.807) is 0 Å². The Labute approximate surface area is 154 Å². The molecule has 0 unspecified atom stereocenters. The maximum absolute atomic E-state index is 12.1. The molecule has 0 bridgehead atoms. The molecule has 144 valence electrons. The molecule has 4 heteroatoms. The number of carbonyl (C=O) groups excluding carboxylic acids is 1. The fourth-order valence-corrected chi connectivity index (χ4v) is 2.27. The maximum Gasteiger partial charge on any atom is 0.408 e. The molecule has 0 aliphatic carbocycles. The van der Waals surface area contributed by atoms with Gasteiger partial charge in [0.05, 0.1) is 6.04 Å². The van der Waals surface area contributed by atoms with Crippen LogP contribution in [0.15, 0.2) is 36.7 Å². The number of hydrogen-bond donors (Lipinski definition) is 2.